The van der Waals surface area contributed by atoms with Gasteiger partial charge in [0.05, 0.1) is 11.4 Å². The van der Waals surface area contributed by atoms with Gasteiger partial charge in [-0.05, 0) is 24.6 Å². The number of anilines is 1. The molecule has 96 valence electrons. The molecule has 18 heavy (non-hydrogen) atoms. The number of thiazole rings is 1. The van der Waals surface area contributed by atoms with Crippen LogP contribution in [0, 0.1) is 6.92 Å². The van der Waals surface area contributed by atoms with Crippen molar-refractivity contribution in [1.82, 2.24) is 4.98 Å². The first-order valence-electron chi connectivity index (χ1n) is 5.12. The van der Waals surface area contributed by atoms with Crippen molar-refractivity contribution < 1.29 is 8.42 Å². The van der Waals surface area contributed by atoms with E-state index in [4.69, 9.17) is 11.6 Å². The Kier molecular flexibility index (Phi) is 3.89. The number of aryl methyl sites for hydroxylation is 1. The molecule has 4 nitrogen and oxygen atoms in total. The Morgan fingerprint density at radius 2 is 2.00 bits per heavy atom. The molecule has 0 spiro atoms. The summed E-state index contributed by atoms with van der Waals surface area (Å²) < 4.78 is 26.2. The van der Waals surface area contributed by atoms with Crippen LogP contribution in [0.5, 0.6) is 0 Å². The molecule has 0 aliphatic rings. The first-order chi connectivity index (χ1) is 8.44. The van der Waals surface area contributed by atoms with Crippen LogP contribution in [0.4, 0.5) is 5.13 Å². The van der Waals surface area contributed by atoms with Gasteiger partial charge in [0.15, 0.2) is 5.13 Å². The van der Waals surface area contributed by atoms with Crippen LogP contribution >= 0.6 is 22.9 Å². The average molecular weight is 303 g/mol. The van der Waals surface area contributed by atoms with E-state index in [2.05, 4.69) is 9.71 Å². The predicted molar refractivity (Wildman–Crippen MR) is 74.5 cm³/mol. The molecule has 0 atom stereocenters. The molecule has 0 saturated heterocycles. The van der Waals surface area contributed by atoms with E-state index in [1.54, 1.807) is 29.6 Å². The zero-order chi connectivity index (χ0) is 13.2. The Hall–Kier alpha value is -1.11. The van der Waals surface area contributed by atoms with Crippen LogP contribution in [0.3, 0.4) is 0 Å². The molecule has 0 aliphatic heterocycles. The van der Waals surface area contributed by atoms with Gasteiger partial charge in [0.2, 0.25) is 10.0 Å². The summed E-state index contributed by atoms with van der Waals surface area (Å²) >= 11 is 7.01. The number of nitrogens with one attached hydrogen (secondary N) is 1. The third kappa shape index (κ3) is 3.69. The summed E-state index contributed by atoms with van der Waals surface area (Å²) in [5.41, 5.74) is 1.48. The van der Waals surface area contributed by atoms with E-state index in [-0.39, 0.29) is 5.75 Å². The largest absolute Gasteiger partial charge is 0.258 e. The fraction of sp³-hybridized carbons (Fsp3) is 0.182. The van der Waals surface area contributed by atoms with Crippen molar-refractivity contribution in [3.63, 3.8) is 0 Å². The molecule has 2 aromatic rings. The topological polar surface area (TPSA) is 59.1 Å². The lowest BCUT2D eigenvalue weighted by atomic mass is 10.2. The number of sulfonamides is 1. The third-order valence-electron chi connectivity index (χ3n) is 2.13. The molecule has 1 aromatic heterocycles. The lowest BCUT2D eigenvalue weighted by Gasteiger charge is -2.05. The molecule has 7 heteroatoms. The van der Waals surface area contributed by atoms with Crippen molar-refractivity contribution in [1.29, 1.82) is 0 Å². The van der Waals surface area contributed by atoms with Crippen LogP contribution in [0.25, 0.3) is 0 Å². The molecule has 2 rings (SSSR count). The fourth-order valence-electron chi connectivity index (χ4n) is 1.37. The van der Waals surface area contributed by atoms with Crippen LogP contribution in [0.1, 0.15) is 11.3 Å². The van der Waals surface area contributed by atoms with Gasteiger partial charge >= 0.3 is 0 Å². The molecule has 0 bridgehead atoms. The highest BCUT2D eigenvalue weighted by Crippen LogP contribution is 2.18. The Balaban J connectivity index is 2.10. The Morgan fingerprint density at radius 1 is 1.33 bits per heavy atom. The van der Waals surface area contributed by atoms with Crippen molar-refractivity contribution >= 4 is 38.1 Å². The second-order valence-electron chi connectivity index (χ2n) is 3.78. The molecule has 0 amide bonds. The number of hydrogen-bond acceptors (Lipinski definition) is 4. The standard InChI is InChI=1S/C11H11ClN2O2S2/c1-8-6-17-11(13-8)14-18(15,16)7-9-2-4-10(12)5-3-9/h2-6H,7H2,1H3,(H,13,14). The molecular weight excluding hydrogens is 292 g/mol. The van der Waals surface area contributed by atoms with Gasteiger partial charge in [-0.15, -0.1) is 11.3 Å². The normalized spacial score (nSPS) is 11.4. The van der Waals surface area contributed by atoms with E-state index in [1.165, 1.54) is 11.3 Å². The average Bonchev–Trinajstić information content (AvgIpc) is 2.66. The lowest BCUT2D eigenvalue weighted by Crippen LogP contribution is -2.14. The van der Waals surface area contributed by atoms with Crippen LogP contribution in [0.2, 0.25) is 5.02 Å². The van der Waals surface area contributed by atoms with Crippen molar-refractivity contribution in [2.24, 2.45) is 0 Å². The fourth-order valence-corrected chi connectivity index (χ4v) is 3.62. The van der Waals surface area contributed by atoms with Crippen molar-refractivity contribution in [3.05, 3.63) is 45.9 Å². The first-order valence-corrected chi connectivity index (χ1v) is 8.03. The molecule has 1 heterocycles. The molecule has 0 radical (unpaired) electrons. The second-order valence-corrected chi connectivity index (χ2v) is 6.80. The summed E-state index contributed by atoms with van der Waals surface area (Å²) in [6, 6.07) is 6.71. The predicted octanol–water partition coefficient (Wildman–Crippen LogP) is 3.05. The summed E-state index contributed by atoms with van der Waals surface area (Å²) in [6.45, 7) is 1.81. The van der Waals surface area contributed by atoms with Crippen molar-refractivity contribution in [2.45, 2.75) is 12.7 Å². The summed E-state index contributed by atoms with van der Waals surface area (Å²) in [6.07, 6.45) is 0. The maximum atomic E-state index is 11.9. The Bertz CT molecular complexity index is 635. The van der Waals surface area contributed by atoms with E-state index in [0.29, 0.717) is 15.7 Å². The van der Waals surface area contributed by atoms with Gasteiger partial charge in [-0.1, -0.05) is 23.7 Å². The minimum absolute atomic E-state index is 0.0944. The van der Waals surface area contributed by atoms with Gasteiger partial charge in [-0.25, -0.2) is 13.4 Å². The van der Waals surface area contributed by atoms with Gasteiger partial charge in [-0.2, -0.15) is 0 Å². The van der Waals surface area contributed by atoms with Crippen molar-refractivity contribution in [3.8, 4) is 0 Å². The van der Waals surface area contributed by atoms with Gasteiger partial charge < -0.3 is 0 Å². The molecular formula is C11H11ClN2O2S2. The zero-order valence-corrected chi connectivity index (χ0v) is 11.9. The Morgan fingerprint density at radius 3 is 2.56 bits per heavy atom. The maximum absolute atomic E-state index is 11.9. The molecule has 0 saturated carbocycles. The molecule has 1 N–H and O–H groups in total. The second kappa shape index (κ2) is 5.26. The van der Waals surface area contributed by atoms with Gasteiger partial charge in [0.25, 0.3) is 0 Å². The smallest absolute Gasteiger partial charge is 0.238 e. The van der Waals surface area contributed by atoms with Crippen LogP contribution in [-0.2, 0) is 15.8 Å². The van der Waals surface area contributed by atoms with E-state index in [1.807, 2.05) is 6.92 Å². The number of rotatable bonds is 4. The SMILES string of the molecule is Cc1csc(NS(=O)(=O)Cc2ccc(Cl)cc2)n1. The highest BCUT2D eigenvalue weighted by atomic mass is 35.5. The first kappa shape index (κ1) is 13.3. The van der Waals surface area contributed by atoms with Gasteiger partial charge in [0.1, 0.15) is 0 Å². The monoisotopic (exact) mass is 302 g/mol. The maximum Gasteiger partial charge on any atom is 0.238 e. The van der Waals surface area contributed by atoms with E-state index >= 15 is 0 Å². The van der Waals surface area contributed by atoms with Crippen LogP contribution < -0.4 is 4.72 Å². The van der Waals surface area contributed by atoms with Crippen molar-refractivity contribution in [2.75, 3.05) is 4.72 Å². The highest BCUT2D eigenvalue weighted by Gasteiger charge is 2.13. The van der Waals surface area contributed by atoms with Gasteiger partial charge in [0, 0.05) is 10.4 Å². The molecule has 0 fully saturated rings. The molecule has 0 aliphatic carbocycles. The summed E-state index contributed by atoms with van der Waals surface area (Å²) in [5, 5.41) is 2.77. The number of aromatic nitrogens is 1. The van der Waals surface area contributed by atoms with E-state index in [9.17, 15) is 8.42 Å². The number of halogens is 1. The van der Waals surface area contributed by atoms with E-state index < -0.39 is 10.0 Å². The van der Waals surface area contributed by atoms with Gasteiger partial charge in [-0.3, -0.25) is 4.72 Å². The Labute approximate surface area is 115 Å². The summed E-state index contributed by atoms with van der Waals surface area (Å²) in [4.78, 5) is 4.06. The summed E-state index contributed by atoms with van der Waals surface area (Å²) in [5.74, 6) is -0.0944. The zero-order valence-electron chi connectivity index (χ0n) is 9.55. The highest BCUT2D eigenvalue weighted by molar-refractivity contribution is 7.92. The molecule has 1 aromatic carbocycles. The van der Waals surface area contributed by atoms with E-state index in [0.717, 1.165) is 5.69 Å². The summed E-state index contributed by atoms with van der Waals surface area (Å²) in [7, 11) is -3.43. The number of hydrogen-bond donors (Lipinski definition) is 1. The lowest BCUT2D eigenvalue weighted by molar-refractivity contribution is 0.600. The minimum Gasteiger partial charge on any atom is -0.258 e. The van der Waals surface area contributed by atoms with Crippen LogP contribution in [-0.4, -0.2) is 13.4 Å². The molecule has 0 unspecified atom stereocenters. The third-order valence-corrected chi connectivity index (χ3v) is 4.61. The number of benzene rings is 1. The quantitative estimate of drug-likeness (QED) is 0.944. The van der Waals surface area contributed by atoms with Crippen LogP contribution in [0.15, 0.2) is 29.6 Å². The number of nitrogens with zero attached hydrogens (tertiary/aromatic N) is 1. The minimum atomic E-state index is -3.43.